The number of amides is 1. The van der Waals surface area contributed by atoms with E-state index in [1.807, 2.05) is 5.32 Å². The Kier molecular flexibility index (Phi) is 4.13. The molecule has 0 fully saturated rings. The van der Waals surface area contributed by atoms with E-state index in [0.29, 0.717) is 12.1 Å². The number of rotatable bonds is 3. The molecule has 1 rings (SSSR count). The van der Waals surface area contributed by atoms with Gasteiger partial charge in [0, 0.05) is 12.1 Å². The monoisotopic (exact) mass is 261 g/mol. The fraction of sp³-hybridized carbons (Fsp3) is 0.200. The zero-order valence-corrected chi connectivity index (χ0v) is 9.25. The summed E-state index contributed by atoms with van der Waals surface area (Å²) in [5, 5.41) is 12.8. The Balaban J connectivity index is 2.96. The summed E-state index contributed by atoms with van der Waals surface area (Å²) in [4.78, 5) is 11.5. The minimum Gasteiger partial charge on any atom is -0.409 e. The van der Waals surface area contributed by atoms with Crippen LogP contribution in [0.1, 0.15) is 6.92 Å². The normalized spacial score (nSPS) is 13.2. The number of amidine groups is 1. The number of carbonyl (C=O) groups excluding carboxylic acids is 1. The van der Waals surface area contributed by atoms with Gasteiger partial charge in [-0.2, -0.15) is 0 Å². The van der Waals surface area contributed by atoms with Crippen LogP contribution in [0.2, 0.25) is 0 Å². The van der Waals surface area contributed by atoms with Crippen molar-refractivity contribution in [3.8, 4) is 0 Å². The van der Waals surface area contributed by atoms with Gasteiger partial charge in [-0.3, -0.25) is 4.79 Å². The largest absolute Gasteiger partial charge is 0.409 e. The predicted molar refractivity (Wildman–Crippen MR) is 57.5 cm³/mol. The maximum absolute atomic E-state index is 13.2. The van der Waals surface area contributed by atoms with Crippen molar-refractivity contribution >= 4 is 17.4 Å². The topological polar surface area (TPSA) is 87.7 Å². The highest BCUT2D eigenvalue weighted by Gasteiger charge is 2.21. The van der Waals surface area contributed by atoms with Crippen molar-refractivity contribution in [3.63, 3.8) is 0 Å². The molecular formula is C10H10F3N3O2. The van der Waals surface area contributed by atoms with E-state index in [4.69, 9.17) is 10.9 Å². The van der Waals surface area contributed by atoms with Gasteiger partial charge in [-0.25, -0.2) is 13.2 Å². The van der Waals surface area contributed by atoms with Gasteiger partial charge in [0.2, 0.25) is 5.91 Å². The van der Waals surface area contributed by atoms with Gasteiger partial charge in [-0.15, -0.1) is 0 Å². The number of benzene rings is 1. The lowest BCUT2D eigenvalue weighted by atomic mass is 10.1. The maximum atomic E-state index is 13.2. The van der Waals surface area contributed by atoms with E-state index in [2.05, 4.69) is 5.16 Å². The van der Waals surface area contributed by atoms with E-state index in [-0.39, 0.29) is 0 Å². The SMILES string of the molecule is CC(C(=O)Nc1c(F)cc(F)cc1F)C(N)=NO. The molecule has 0 bridgehead atoms. The lowest BCUT2D eigenvalue weighted by Crippen LogP contribution is -2.33. The summed E-state index contributed by atoms with van der Waals surface area (Å²) < 4.78 is 39.0. The first kappa shape index (κ1) is 13.8. The van der Waals surface area contributed by atoms with Gasteiger partial charge in [0.15, 0.2) is 17.5 Å². The van der Waals surface area contributed by atoms with Gasteiger partial charge < -0.3 is 16.3 Å². The molecule has 0 saturated carbocycles. The van der Waals surface area contributed by atoms with Crippen LogP contribution in [-0.4, -0.2) is 17.0 Å². The van der Waals surface area contributed by atoms with Crippen LogP contribution in [-0.2, 0) is 4.79 Å². The summed E-state index contributed by atoms with van der Waals surface area (Å²) in [6, 6.07) is 0.847. The lowest BCUT2D eigenvalue weighted by molar-refractivity contribution is -0.117. The van der Waals surface area contributed by atoms with Crippen molar-refractivity contribution in [1.82, 2.24) is 0 Å². The Hall–Kier alpha value is -2.25. The molecule has 0 radical (unpaired) electrons. The summed E-state index contributed by atoms with van der Waals surface area (Å²) in [5.74, 6) is -6.03. The Morgan fingerprint density at radius 1 is 1.39 bits per heavy atom. The number of oxime groups is 1. The average Bonchev–Trinajstić information content (AvgIpc) is 2.31. The summed E-state index contributed by atoms with van der Waals surface area (Å²) in [6.45, 7) is 1.27. The molecule has 98 valence electrons. The summed E-state index contributed by atoms with van der Waals surface area (Å²) in [7, 11) is 0. The van der Waals surface area contributed by atoms with Crippen molar-refractivity contribution in [2.75, 3.05) is 5.32 Å². The van der Waals surface area contributed by atoms with Gasteiger partial charge in [0.05, 0.1) is 5.92 Å². The zero-order valence-electron chi connectivity index (χ0n) is 9.25. The van der Waals surface area contributed by atoms with Crippen LogP contribution in [0.4, 0.5) is 18.9 Å². The van der Waals surface area contributed by atoms with Gasteiger partial charge in [0.25, 0.3) is 0 Å². The van der Waals surface area contributed by atoms with Crippen molar-refractivity contribution < 1.29 is 23.2 Å². The molecule has 1 amide bonds. The van der Waals surface area contributed by atoms with E-state index < -0.39 is 40.8 Å². The first-order chi connectivity index (χ1) is 8.36. The van der Waals surface area contributed by atoms with Crippen LogP contribution in [0.15, 0.2) is 17.3 Å². The second-order valence-electron chi connectivity index (χ2n) is 3.48. The molecule has 5 nitrogen and oxygen atoms in total. The molecule has 0 aliphatic carbocycles. The smallest absolute Gasteiger partial charge is 0.235 e. The van der Waals surface area contributed by atoms with Crippen molar-refractivity contribution in [2.24, 2.45) is 16.8 Å². The summed E-state index contributed by atoms with van der Waals surface area (Å²) in [6.07, 6.45) is 0. The van der Waals surface area contributed by atoms with Crippen LogP contribution in [0.3, 0.4) is 0 Å². The summed E-state index contributed by atoms with van der Waals surface area (Å²) in [5.41, 5.74) is 4.37. The Morgan fingerprint density at radius 3 is 2.33 bits per heavy atom. The molecule has 1 unspecified atom stereocenters. The Labute approximate surface area is 100 Å². The first-order valence-electron chi connectivity index (χ1n) is 4.79. The van der Waals surface area contributed by atoms with Crippen LogP contribution in [0, 0.1) is 23.4 Å². The number of nitrogens with one attached hydrogen (secondary N) is 1. The van der Waals surface area contributed by atoms with Crippen LogP contribution >= 0.6 is 0 Å². The van der Waals surface area contributed by atoms with E-state index in [1.165, 1.54) is 6.92 Å². The van der Waals surface area contributed by atoms with Gasteiger partial charge in [-0.1, -0.05) is 5.16 Å². The van der Waals surface area contributed by atoms with E-state index >= 15 is 0 Å². The lowest BCUT2D eigenvalue weighted by Gasteiger charge is -2.12. The number of hydrogen-bond donors (Lipinski definition) is 3. The number of halogens is 3. The van der Waals surface area contributed by atoms with E-state index in [9.17, 15) is 18.0 Å². The van der Waals surface area contributed by atoms with Gasteiger partial charge >= 0.3 is 0 Å². The second kappa shape index (κ2) is 5.39. The molecule has 8 heteroatoms. The van der Waals surface area contributed by atoms with Crippen molar-refractivity contribution in [1.29, 1.82) is 0 Å². The van der Waals surface area contributed by atoms with Crippen LogP contribution in [0.5, 0.6) is 0 Å². The van der Waals surface area contributed by atoms with Gasteiger partial charge in [0.1, 0.15) is 11.5 Å². The number of hydrogen-bond acceptors (Lipinski definition) is 3. The maximum Gasteiger partial charge on any atom is 0.235 e. The molecule has 1 aromatic carbocycles. The molecule has 18 heavy (non-hydrogen) atoms. The molecule has 0 heterocycles. The molecule has 1 aromatic rings. The Morgan fingerprint density at radius 2 is 1.89 bits per heavy atom. The highest BCUT2D eigenvalue weighted by atomic mass is 19.1. The zero-order chi connectivity index (χ0) is 13.9. The summed E-state index contributed by atoms with van der Waals surface area (Å²) >= 11 is 0. The molecule has 0 saturated heterocycles. The number of nitrogens with zero attached hydrogens (tertiary/aromatic N) is 1. The average molecular weight is 261 g/mol. The minimum atomic E-state index is -1.26. The standard InChI is InChI=1S/C10H10F3N3O2/c1-4(9(14)16-18)10(17)15-8-6(12)2-5(11)3-7(8)13/h2-4,18H,1H3,(H2,14,16)(H,15,17). The third kappa shape index (κ3) is 2.90. The van der Waals surface area contributed by atoms with Crippen molar-refractivity contribution in [2.45, 2.75) is 6.92 Å². The molecule has 0 aliphatic rings. The van der Waals surface area contributed by atoms with E-state index in [0.717, 1.165) is 0 Å². The van der Waals surface area contributed by atoms with Crippen LogP contribution < -0.4 is 11.1 Å². The second-order valence-corrected chi connectivity index (χ2v) is 3.48. The molecule has 4 N–H and O–H groups in total. The van der Waals surface area contributed by atoms with Crippen molar-refractivity contribution in [3.05, 3.63) is 29.6 Å². The third-order valence-corrected chi connectivity index (χ3v) is 2.21. The minimum absolute atomic E-state index is 0.421. The highest BCUT2D eigenvalue weighted by molar-refractivity contribution is 6.07. The van der Waals surface area contributed by atoms with Gasteiger partial charge in [-0.05, 0) is 6.92 Å². The highest BCUT2D eigenvalue weighted by Crippen LogP contribution is 2.20. The first-order valence-corrected chi connectivity index (χ1v) is 4.79. The molecule has 0 spiro atoms. The molecule has 0 aromatic heterocycles. The fourth-order valence-electron chi connectivity index (χ4n) is 1.11. The molecule has 1 atom stereocenters. The third-order valence-electron chi connectivity index (χ3n) is 2.21. The number of carbonyl (C=O) groups is 1. The fourth-order valence-corrected chi connectivity index (χ4v) is 1.11. The van der Waals surface area contributed by atoms with E-state index in [1.54, 1.807) is 0 Å². The van der Waals surface area contributed by atoms with Crippen LogP contribution in [0.25, 0.3) is 0 Å². The number of anilines is 1. The predicted octanol–water partition coefficient (Wildman–Crippen LogP) is 1.42. The Bertz CT molecular complexity index is 482. The molecule has 0 aliphatic heterocycles. The quantitative estimate of drug-likeness (QED) is 0.333. The molecular weight excluding hydrogens is 251 g/mol. The number of nitrogens with two attached hydrogens (primary N) is 1.